The van der Waals surface area contributed by atoms with E-state index >= 15 is 0 Å². The fourth-order valence-corrected chi connectivity index (χ4v) is 4.23. The molecule has 0 spiro atoms. The molecule has 2 rings (SSSR count). The first-order valence-electron chi connectivity index (χ1n) is 13.5. The van der Waals surface area contributed by atoms with Crippen LogP contribution >= 0.6 is 0 Å². The summed E-state index contributed by atoms with van der Waals surface area (Å²) in [5.74, 6) is -0.655. The van der Waals surface area contributed by atoms with Gasteiger partial charge < -0.3 is 24.6 Å². The fourth-order valence-electron chi connectivity index (χ4n) is 4.23. The standard InChI is InChI=1S/C31H43NO6/c1-32(21-23-37-2)20-8-3-9-22-38-29-12-6-5-11-27(29)17-14-25(10-4-7-13-30(33)34)24-26-15-18-28(19-16-26)31(35)36/h5-6,11-12,14-19,25H,3-4,7-10,13,20-24H2,1-2H3,(H,33,34)(H,35,36). The van der Waals surface area contributed by atoms with Crippen LogP contribution in [-0.2, 0) is 16.0 Å². The number of benzene rings is 2. The number of ether oxygens (including phenoxy) is 2. The summed E-state index contributed by atoms with van der Waals surface area (Å²) in [6.45, 7) is 3.42. The summed E-state index contributed by atoms with van der Waals surface area (Å²) < 4.78 is 11.2. The maximum absolute atomic E-state index is 11.2. The Bertz CT molecular complexity index is 988. The molecule has 7 nitrogen and oxygen atoms in total. The number of allylic oxidation sites excluding steroid dienone is 1. The second-order valence-corrected chi connectivity index (χ2v) is 9.71. The van der Waals surface area contributed by atoms with E-state index < -0.39 is 11.9 Å². The van der Waals surface area contributed by atoms with E-state index in [1.54, 1.807) is 19.2 Å². The van der Waals surface area contributed by atoms with Crippen molar-refractivity contribution in [3.8, 4) is 5.75 Å². The molecular weight excluding hydrogens is 482 g/mol. The second kappa shape index (κ2) is 18.2. The molecule has 2 N–H and O–H groups in total. The van der Waals surface area contributed by atoms with Crippen LogP contribution in [0.25, 0.3) is 6.08 Å². The Hall–Kier alpha value is -3.16. The molecule has 1 unspecified atom stereocenters. The van der Waals surface area contributed by atoms with E-state index in [-0.39, 0.29) is 17.9 Å². The lowest BCUT2D eigenvalue weighted by Crippen LogP contribution is -2.23. The number of hydrogen-bond acceptors (Lipinski definition) is 5. The fraction of sp³-hybridized carbons (Fsp3) is 0.484. The molecule has 0 saturated heterocycles. The van der Waals surface area contributed by atoms with Crippen molar-refractivity contribution in [1.29, 1.82) is 0 Å². The number of carboxylic acid groups (broad SMARTS) is 2. The van der Waals surface area contributed by atoms with Crippen LogP contribution < -0.4 is 4.74 Å². The molecule has 38 heavy (non-hydrogen) atoms. The van der Waals surface area contributed by atoms with Crippen molar-refractivity contribution in [1.82, 2.24) is 4.90 Å². The van der Waals surface area contributed by atoms with Crippen LogP contribution in [0.4, 0.5) is 0 Å². The lowest BCUT2D eigenvalue weighted by molar-refractivity contribution is -0.137. The summed E-state index contributed by atoms with van der Waals surface area (Å²) in [5, 5.41) is 18.1. The quantitative estimate of drug-likeness (QED) is 0.204. The monoisotopic (exact) mass is 525 g/mol. The van der Waals surface area contributed by atoms with E-state index in [0.29, 0.717) is 13.0 Å². The molecule has 0 saturated carbocycles. The highest BCUT2D eigenvalue weighted by Gasteiger charge is 2.10. The summed E-state index contributed by atoms with van der Waals surface area (Å²) >= 11 is 0. The van der Waals surface area contributed by atoms with Crippen molar-refractivity contribution >= 4 is 18.0 Å². The van der Waals surface area contributed by atoms with Crippen molar-refractivity contribution in [3.63, 3.8) is 0 Å². The first kappa shape index (κ1) is 31.1. The van der Waals surface area contributed by atoms with Gasteiger partial charge in [-0.05, 0) is 81.8 Å². The van der Waals surface area contributed by atoms with Crippen LogP contribution in [0, 0.1) is 5.92 Å². The number of methoxy groups -OCH3 is 1. The minimum atomic E-state index is -0.937. The largest absolute Gasteiger partial charge is 0.493 e. The van der Waals surface area contributed by atoms with E-state index in [1.807, 2.05) is 36.4 Å². The molecule has 0 radical (unpaired) electrons. The Balaban J connectivity index is 1.94. The second-order valence-electron chi connectivity index (χ2n) is 9.71. The Morgan fingerprint density at radius 2 is 1.68 bits per heavy atom. The third-order valence-corrected chi connectivity index (χ3v) is 6.50. The number of aromatic carboxylic acids is 1. The number of para-hydroxylation sites is 1. The van der Waals surface area contributed by atoms with Gasteiger partial charge in [-0.25, -0.2) is 4.79 Å². The van der Waals surface area contributed by atoms with Gasteiger partial charge in [0, 0.05) is 25.6 Å². The molecule has 0 aliphatic carbocycles. The highest BCUT2D eigenvalue weighted by molar-refractivity contribution is 5.87. The molecular formula is C31H43NO6. The van der Waals surface area contributed by atoms with Crippen LogP contribution in [0.2, 0.25) is 0 Å². The number of carboxylic acids is 2. The number of likely N-dealkylation sites (N-methyl/N-ethyl adjacent to an activating group) is 1. The van der Waals surface area contributed by atoms with Crippen molar-refractivity contribution < 1.29 is 29.3 Å². The lowest BCUT2D eigenvalue weighted by atomic mass is 9.92. The molecule has 0 aliphatic rings. The van der Waals surface area contributed by atoms with Crippen molar-refractivity contribution in [2.75, 3.05) is 40.5 Å². The van der Waals surface area contributed by atoms with E-state index in [9.17, 15) is 9.59 Å². The SMILES string of the molecule is COCCN(C)CCCCCOc1ccccc1C=CC(CCCCC(=O)O)Cc1ccc(C(=O)O)cc1. The van der Waals surface area contributed by atoms with Gasteiger partial charge in [-0.3, -0.25) is 4.79 Å². The van der Waals surface area contributed by atoms with Gasteiger partial charge in [0.1, 0.15) is 5.75 Å². The predicted octanol–water partition coefficient (Wildman–Crippen LogP) is 6.03. The third-order valence-electron chi connectivity index (χ3n) is 6.50. The molecule has 0 heterocycles. The summed E-state index contributed by atoms with van der Waals surface area (Å²) in [4.78, 5) is 24.3. The zero-order chi connectivity index (χ0) is 27.6. The predicted molar refractivity (Wildman–Crippen MR) is 151 cm³/mol. The number of nitrogens with zero attached hydrogens (tertiary/aromatic N) is 1. The van der Waals surface area contributed by atoms with Gasteiger partial charge in [-0.1, -0.05) is 48.9 Å². The Morgan fingerprint density at radius 3 is 2.39 bits per heavy atom. The van der Waals surface area contributed by atoms with Crippen LogP contribution in [-0.4, -0.2) is 67.5 Å². The summed E-state index contributed by atoms with van der Waals surface area (Å²) in [7, 11) is 3.84. The van der Waals surface area contributed by atoms with Crippen LogP contribution in [0.3, 0.4) is 0 Å². The van der Waals surface area contributed by atoms with Gasteiger partial charge >= 0.3 is 11.9 Å². The highest BCUT2D eigenvalue weighted by Crippen LogP contribution is 2.24. The van der Waals surface area contributed by atoms with E-state index in [1.165, 1.54) is 0 Å². The molecule has 2 aromatic rings. The van der Waals surface area contributed by atoms with Gasteiger partial charge in [0.05, 0.1) is 18.8 Å². The number of aliphatic carboxylic acids is 1. The van der Waals surface area contributed by atoms with E-state index in [4.69, 9.17) is 19.7 Å². The van der Waals surface area contributed by atoms with Crippen LogP contribution in [0.15, 0.2) is 54.6 Å². The van der Waals surface area contributed by atoms with Gasteiger partial charge in [0.15, 0.2) is 0 Å². The van der Waals surface area contributed by atoms with E-state index in [0.717, 1.165) is 75.1 Å². The average molecular weight is 526 g/mol. The zero-order valence-electron chi connectivity index (χ0n) is 22.8. The highest BCUT2D eigenvalue weighted by atomic mass is 16.5. The Kier molecular flexibility index (Phi) is 14.8. The molecule has 0 bridgehead atoms. The first-order chi connectivity index (χ1) is 18.4. The Labute approximate surface area is 227 Å². The lowest BCUT2D eigenvalue weighted by Gasteiger charge is -2.16. The number of carbonyl (C=O) groups is 2. The van der Waals surface area contributed by atoms with Gasteiger partial charge in [-0.2, -0.15) is 0 Å². The first-order valence-corrected chi connectivity index (χ1v) is 13.5. The summed E-state index contributed by atoms with van der Waals surface area (Å²) in [6, 6.07) is 15.0. The third kappa shape index (κ3) is 12.9. The van der Waals surface area contributed by atoms with Gasteiger partial charge in [0.2, 0.25) is 0 Å². The van der Waals surface area contributed by atoms with E-state index in [2.05, 4.69) is 24.1 Å². The minimum absolute atomic E-state index is 0.170. The molecule has 7 heteroatoms. The molecule has 0 amide bonds. The maximum Gasteiger partial charge on any atom is 0.335 e. The molecule has 0 aromatic heterocycles. The summed E-state index contributed by atoms with van der Waals surface area (Å²) in [5.41, 5.74) is 2.34. The zero-order valence-corrected chi connectivity index (χ0v) is 22.8. The number of unbranched alkanes of at least 4 members (excludes halogenated alkanes) is 3. The van der Waals surface area contributed by atoms with Crippen LogP contribution in [0.5, 0.6) is 5.75 Å². The number of hydrogen-bond donors (Lipinski definition) is 2. The number of rotatable bonds is 20. The molecule has 0 aliphatic heterocycles. The minimum Gasteiger partial charge on any atom is -0.493 e. The smallest absolute Gasteiger partial charge is 0.335 e. The van der Waals surface area contributed by atoms with Gasteiger partial charge in [0.25, 0.3) is 0 Å². The molecule has 1 atom stereocenters. The maximum atomic E-state index is 11.2. The van der Waals surface area contributed by atoms with Gasteiger partial charge in [-0.15, -0.1) is 0 Å². The van der Waals surface area contributed by atoms with Crippen molar-refractivity contribution in [3.05, 3.63) is 71.3 Å². The van der Waals surface area contributed by atoms with Crippen molar-refractivity contribution in [2.45, 2.75) is 51.4 Å². The normalized spacial score (nSPS) is 12.2. The average Bonchev–Trinajstić information content (AvgIpc) is 2.91. The van der Waals surface area contributed by atoms with Crippen LogP contribution in [0.1, 0.15) is 66.4 Å². The topological polar surface area (TPSA) is 96.3 Å². The molecule has 208 valence electrons. The molecule has 0 fully saturated rings. The molecule has 2 aromatic carbocycles. The Morgan fingerprint density at radius 1 is 0.921 bits per heavy atom. The van der Waals surface area contributed by atoms with Crippen molar-refractivity contribution in [2.24, 2.45) is 5.92 Å². The summed E-state index contributed by atoms with van der Waals surface area (Å²) in [6.07, 6.45) is 10.7.